The number of alkyl halides is 3. The topological polar surface area (TPSA) is 49.4 Å². The number of hydrogen-bond acceptors (Lipinski definition) is 2. The molecule has 19 heavy (non-hydrogen) atoms. The Morgan fingerprint density at radius 2 is 1.74 bits per heavy atom. The Labute approximate surface area is 111 Å². The summed E-state index contributed by atoms with van der Waals surface area (Å²) in [6.07, 6.45) is -4.87. The molecule has 3 amide bonds. The molecule has 2 rings (SSSR count). The number of nitrogens with zero attached hydrogens (tertiary/aromatic N) is 1. The van der Waals surface area contributed by atoms with Crippen LogP contribution in [0.4, 0.5) is 23.7 Å². The highest BCUT2D eigenvalue weighted by Gasteiger charge is 2.64. The summed E-state index contributed by atoms with van der Waals surface area (Å²) in [6.45, 7) is 0.628. The zero-order valence-corrected chi connectivity index (χ0v) is 10.3. The predicted molar refractivity (Wildman–Crippen MR) is 61.9 cm³/mol. The quantitative estimate of drug-likeness (QED) is 0.809. The predicted octanol–water partition coefficient (Wildman–Crippen LogP) is 2.72. The van der Waals surface area contributed by atoms with Gasteiger partial charge >= 0.3 is 12.2 Å². The maximum Gasteiger partial charge on any atom is 0.420 e. The molecule has 0 saturated carbocycles. The Morgan fingerprint density at radius 3 is 2.16 bits per heavy atom. The van der Waals surface area contributed by atoms with E-state index in [1.54, 1.807) is 5.32 Å². The summed E-state index contributed by atoms with van der Waals surface area (Å²) in [5.41, 5.74) is -2.89. The molecule has 1 fully saturated rings. The van der Waals surface area contributed by atoms with E-state index >= 15 is 0 Å². The minimum absolute atomic E-state index is 0.0277. The number of hydrogen-bond donors (Lipinski definition) is 1. The van der Waals surface area contributed by atoms with Gasteiger partial charge in [0, 0.05) is 5.02 Å². The maximum absolute atomic E-state index is 12.8. The van der Waals surface area contributed by atoms with Gasteiger partial charge in [-0.1, -0.05) is 11.6 Å². The third kappa shape index (κ3) is 2.03. The first-order valence-electron chi connectivity index (χ1n) is 5.16. The Kier molecular flexibility index (Phi) is 2.97. The van der Waals surface area contributed by atoms with Crippen molar-refractivity contribution in [1.82, 2.24) is 5.32 Å². The smallest absolute Gasteiger partial charge is 0.315 e. The van der Waals surface area contributed by atoms with Gasteiger partial charge < -0.3 is 5.32 Å². The fourth-order valence-corrected chi connectivity index (χ4v) is 1.78. The fourth-order valence-electron chi connectivity index (χ4n) is 1.66. The van der Waals surface area contributed by atoms with E-state index in [0.29, 0.717) is 16.8 Å². The summed E-state index contributed by atoms with van der Waals surface area (Å²) >= 11 is 5.64. The van der Waals surface area contributed by atoms with E-state index in [1.807, 2.05) is 0 Å². The van der Waals surface area contributed by atoms with Gasteiger partial charge in [-0.3, -0.25) is 4.79 Å². The highest BCUT2D eigenvalue weighted by molar-refractivity contribution is 6.31. The van der Waals surface area contributed by atoms with Crippen molar-refractivity contribution in [3.05, 3.63) is 29.3 Å². The van der Waals surface area contributed by atoms with E-state index in [1.165, 1.54) is 24.3 Å². The zero-order valence-electron chi connectivity index (χ0n) is 9.58. The molecule has 1 aliphatic rings. The summed E-state index contributed by atoms with van der Waals surface area (Å²) in [7, 11) is 0. The molecule has 102 valence electrons. The van der Waals surface area contributed by atoms with Crippen LogP contribution in [-0.4, -0.2) is 23.7 Å². The Morgan fingerprint density at radius 1 is 1.21 bits per heavy atom. The molecule has 1 aromatic carbocycles. The van der Waals surface area contributed by atoms with E-state index in [9.17, 15) is 22.8 Å². The molecule has 0 bridgehead atoms. The molecule has 0 radical (unpaired) electrons. The van der Waals surface area contributed by atoms with Crippen LogP contribution >= 0.6 is 11.6 Å². The Bertz CT molecular complexity index is 544. The Hall–Kier alpha value is -1.76. The minimum Gasteiger partial charge on any atom is -0.315 e. The van der Waals surface area contributed by atoms with Gasteiger partial charge in [-0.05, 0) is 31.2 Å². The average Bonchev–Trinajstić information content (AvgIpc) is 2.52. The Balaban J connectivity index is 2.42. The van der Waals surface area contributed by atoms with Crippen molar-refractivity contribution in [2.45, 2.75) is 18.6 Å². The summed E-state index contributed by atoms with van der Waals surface area (Å²) < 4.78 is 38.5. The second kappa shape index (κ2) is 4.12. The van der Waals surface area contributed by atoms with Crippen LogP contribution in [0.25, 0.3) is 0 Å². The van der Waals surface area contributed by atoms with Crippen LogP contribution in [0.5, 0.6) is 0 Å². The van der Waals surface area contributed by atoms with Gasteiger partial charge in [0.1, 0.15) is 0 Å². The summed E-state index contributed by atoms with van der Waals surface area (Å²) in [4.78, 5) is 23.9. The van der Waals surface area contributed by atoms with Crippen LogP contribution in [0, 0.1) is 0 Å². The standard InChI is InChI=1S/C11H8ClF3N2O2/c1-10(11(13,14)15)8(18)17(9(19)16-10)7-4-2-6(12)3-5-7/h2-5H,1H3,(H,16,19). The minimum atomic E-state index is -4.87. The van der Waals surface area contributed by atoms with Crippen LogP contribution in [-0.2, 0) is 4.79 Å². The van der Waals surface area contributed by atoms with Crippen LogP contribution in [0.15, 0.2) is 24.3 Å². The van der Waals surface area contributed by atoms with Crippen molar-refractivity contribution in [2.24, 2.45) is 0 Å². The monoisotopic (exact) mass is 292 g/mol. The van der Waals surface area contributed by atoms with E-state index in [0.717, 1.165) is 0 Å². The van der Waals surface area contributed by atoms with Crippen molar-refractivity contribution in [2.75, 3.05) is 4.90 Å². The van der Waals surface area contributed by atoms with Crippen molar-refractivity contribution in [1.29, 1.82) is 0 Å². The van der Waals surface area contributed by atoms with Gasteiger partial charge in [0.05, 0.1) is 5.69 Å². The van der Waals surface area contributed by atoms with Gasteiger partial charge in [0.25, 0.3) is 5.91 Å². The maximum atomic E-state index is 12.8. The normalized spacial score (nSPS) is 23.7. The highest BCUT2D eigenvalue weighted by Crippen LogP contribution is 2.37. The van der Waals surface area contributed by atoms with Crippen LogP contribution in [0.1, 0.15) is 6.92 Å². The van der Waals surface area contributed by atoms with E-state index < -0.39 is 23.7 Å². The van der Waals surface area contributed by atoms with Crippen LogP contribution in [0.2, 0.25) is 5.02 Å². The van der Waals surface area contributed by atoms with Gasteiger partial charge in [-0.25, -0.2) is 9.69 Å². The summed E-state index contributed by atoms with van der Waals surface area (Å²) in [5.74, 6) is -1.37. The lowest BCUT2D eigenvalue weighted by Gasteiger charge is -2.24. The number of halogens is 4. The number of nitrogens with one attached hydrogen (secondary N) is 1. The van der Waals surface area contributed by atoms with Crippen molar-refractivity contribution in [3.63, 3.8) is 0 Å². The molecule has 1 N–H and O–H groups in total. The van der Waals surface area contributed by atoms with Crippen LogP contribution < -0.4 is 10.2 Å². The van der Waals surface area contributed by atoms with E-state index in [4.69, 9.17) is 11.6 Å². The number of carbonyl (C=O) groups excluding carboxylic acids is 2. The van der Waals surface area contributed by atoms with Crippen molar-refractivity contribution in [3.8, 4) is 0 Å². The number of benzene rings is 1. The molecule has 1 atom stereocenters. The molecule has 1 unspecified atom stereocenters. The molecule has 1 aromatic rings. The average molecular weight is 293 g/mol. The van der Waals surface area contributed by atoms with Gasteiger partial charge in [0.15, 0.2) is 0 Å². The lowest BCUT2D eigenvalue weighted by Crippen LogP contribution is -2.56. The number of urea groups is 1. The molecule has 1 aliphatic heterocycles. The molecule has 0 spiro atoms. The van der Waals surface area contributed by atoms with Gasteiger partial charge in [0.2, 0.25) is 5.54 Å². The number of amides is 3. The number of rotatable bonds is 1. The molecule has 1 saturated heterocycles. The fraction of sp³-hybridized carbons (Fsp3) is 0.273. The first-order chi connectivity index (χ1) is 8.67. The lowest BCUT2D eigenvalue weighted by molar-refractivity contribution is -0.187. The number of anilines is 1. The van der Waals surface area contributed by atoms with Gasteiger partial charge in [-0.2, -0.15) is 13.2 Å². The summed E-state index contributed by atoms with van der Waals surface area (Å²) in [6, 6.07) is 4.22. The second-order valence-corrected chi connectivity index (χ2v) is 4.61. The largest absolute Gasteiger partial charge is 0.420 e. The molecule has 4 nitrogen and oxygen atoms in total. The number of imide groups is 1. The lowest BCUT2D eigenvalue weighted by atomic mass is 10.0. The number of carbonyl (C=O) groups is 2. The first kappa shape index (κ1) is 13.7. The third-order valence-electron chi connectivity index (χ3n) is 2.84. The first-order valence-corrected chi connectivity index (χ1v) is 5.53. The van der Waals surface area contributed by atoms with Crippen LogP contribution in [0.3, 0.4) is 0 Å². The van der Waals surface area contributed by atoms with Crippen molar-refractivity contribution >= 4 is 29.2 Å². The molecule has 0 aromatic heterocycles. The molecule has 1 heterocycles. The molecule has 0 aliphatic carbocycles. The third-order valence-corrected chi connectivity index (χ3v) is 3.09. The van der Waals surface area contributed by atoms with Gasteiger partial charge in [-0.15, -0.1) is 0 Å². The van der Waals surface area contributed by atoms with E-state index in [-0.39, 0.29) is 5.69 Å². The van der Waals surface area contributed by atoms with Crippen molar-refractivity contribution < 1.29 is 22.8 Å². The molecular weight excluding hydrogens is 285 g/mol. The summed E-state index contributed by atoms with van der Waals surface area (Å²) in [5, 5.41) is 2.00. The molecular formula is C11H8ClF3N2O2. The zero-order chi connectivity index (χ0) is 14.4. The second-order valence-electron chi connectivity index (χ2n) is 4.17. The SMILES string of the molecule is CC1(C(F)(F)F)NC(=O)N(c2ccc(Cl)cc2)C1=O. The van der Waals surface area contributed by atoms with E-state index in [2.05, 4.69) is 0 Å². The highest BCUT2D eigenvalue weighted by atomic mass is 35.5. The molecule has 8 heteroatoms.